The topological polar surface area (TPSA) is 101 Å². The van der Waals surface area contributed by atoms with Crippen LogP contribution in [0.25, 0.3) is 0 Å². The third-order valence-electron chi connectivity index (χ3n) is 1.76. The minimum atomic E-state index is -0.643. The van der Waals surface area contributed by atoms with Gasteiger partial charge in [-0.25, -0.2) is 0 Å². The maximum atomic E-state index is 11.6. The molecule has 0 atom stereocenters. The summed E-state index contributed by atoms with van der Waals surface area (Å²) in [5.74, 6) is -0.462. The second-order valence-corrected chi connectivity index (χ2v) is 4.39. The van der Waals surface area contributed by atoms with Gasteiger partial charge < -0.3 is 15.4 Å². The van der Waals surface area contributed by atoms with Crippen molar-refractivity contribution >= 4 is 27.7 Å². The molecule has 16 heavy (non-hydrogen) atoms. The fourth-order valence-corrected chi connectivity index (χ4v) is 1.47. The molecule has 0 aliphatic rings. The van der Waals surface area contributed by atoms with Crippen molar-refractivity contribution in [1.82, 2.24) is 15.5 Å². The molecule has 0 saturated carbocycles. The van der Waals surface area contributed by atoms with Crippen LogP contribution in [-0.2, 0) is 0 Å². The zero-order valence-electron chi connectivity index (χ0n) is 8.78. The molecule has 0 bridgehead atoms. The maximum absolute atomic E-state index is 11.6. The van der Waals surface area contributed by atoms with Crippen LogP contribution >= 0.6 is 15.9 Å². The summed E-state index contributed by atoms with van der Waals surface area (Å²) in [6.07, 6.45) is 0. The molecule has 0 radical (unpaired) electrons. The number of hydrogen-bond acceptors (Lipinski definition) is 4. The summed E-state index contributed by atoms with van der Waals surface area (Å²) in [7, 11) is 0. The third-order valence-corrected chi connectivity index (χ3v) is 2.51. The molecule has 0 aromatic carbocycles. The van der Waals surface area contributed by atoms with Crippen LogP contribution < -0.4 is 5.32 Å². The molecule has 1 aromatic heterocycles. The van der Waals surface area contributed by atoms with E-state index in [9.17, 15) is 14.9 Å². The highest BCUT2D eigenvalue weighted by Crippen LogP contribution is 2.25. The van der Waals surface area contributed by atoms with Crippen LogP contribution in [-0.4, -0.2) is 27.6 Å². The summed E-state index contributed by atoms with van der Waals surface area (Å²) in [5.41, 5.74) is -0.00708. The molecule has 0 spiro atoms. The number of carbonyl (C=O) groups excluding carboxylic acids is 1. The van der Waals surface area contributed by atoms with E-state index in [1.54, 1.807) is 0 Å². The number of amides is 1. The van der Waals surface area contributed by atoms with Gasteiger partial charge in [-0.1, -0.05) is 18.9 Å². The van der Waals surface area contributed by atoms with E-state index in [-0.39, 0.29) is 16.0 Å². The van der Waals surface area contributed by atoms with Crippen LogP contribution in [0.4, 0.5) is 5.82 Å². The first-order valence-electron chi connectivity index (χ1n) is 4.60. The average molecular weight is 291 g/mol. The summed E-state index contributed by atoms with van der Waals surface area (Å²) in [4.78, 5) is 21.4. The number of hydrogen-bond donors (Lipinski definition) is 2. The Balaban J connectivity index is 2.81. The minimum Gasteiger partial charge on any atom is -0.358 e. The lowest BCUT2D eigenvalue weighted by molar-refractivity contribution is -0.390. The highest BCUT2D eigenvalue weighted by Gasteiger charge is 2.24. The number of carbonyl (C=O) groups is 1. The fraction of sp³-hybridized carbons (Fsp3) is 0.500. The Hall–Kier alpha value is -1.44. The van der Waals surface area contributed by atoms with Gasteiger partial charge in [0.2, 0.25) is 0 Å². The molecule has 7 nitrogen and oxygen atoms in total. The summed E-state index contributed by atoms with van der Waals surface area (Å²) in [6, 6.07) is 0. The number of aromatic nitrogens is 2. The lowest BCUT2D eigenvalue weighted by atomic mass is 10.2. The maximum Gasteiger partial charge on any atom is 0.357 e. The van der Waals surface area contributed by atoms with E-state index in [1.165, 1.54) is 0 Å². The van der Waals surface area contributed by atoms with E-state index < -0.39 is 10.8 Å². The number of halogens is 1. The van der Waals surface area contributed by atoms with E-state index in [0.29, 0.717) is 12.5 Å². The Morgan fingerprint density at radius 2 is 2.31 bits per heavy atom. The van der Waals surface area contributed by atoms with Crippen molar-refractivity contribution in [1.29, 1.82) is 0 Å². The molecule has 1 rings (SSSR count). The minimum absolute atomic E-state index is 0.00708. The van der Waals surface area contributed by atoms with E-state index >= 15 is 0 Å². The van der Waals surface area contributed by atoms with Crippen LogP contribution in [0.5, 0.6) is 0 Å². The molecule has 2 N–H and O–H groups in total. The highest BCUT2D eigenvalue weighted by molar-refractivity contribution is 9.10. The van der Waals surface area contributed by atoms with Gasteiger partial charge in [0, 0.05) is 6.54 Å². The number of nitro groups is 1. The summed E-state index contributed by atoms with van der Waals surface area (Å²) < 4.78 is 0.0683. The first kappa shape index (κ1) is 12.6. The standard InChI is InChI=1S/C8H11BrN4O3/c1-4(2)3-10-8(14)6-5(9)7(12-11-6)13(15)16/h4H,3H2,1-2H3,(H,10,14)(H,11,12). The van der Waals surface area contributed by atoms with Crippen molar-refractivity contribution in [3.63, 3.8) is 0 Å². The fourth-order valence-electron chi connectivity index (χ4n) is 0.971. The SMILES string of the molecule is CC(C)CNC(=O)c1n[nH]c([N+](=O)[O-])c1Br. The third kappa shape index (κ3) is 2.78. The molecule has 1 amide bonds. The molecular weight excluding hydrogens is 280 g/mol. The molecule has 0 aliphatic heterocycles. The predicted octanol–water partition coefficient (Wildman–Crippen LogP) is 1.47. The quantitative estimate of drug-likeness (QED) is 0.647. The number of nitrogens with one attached hydrogen (secondary N) is 2. The second kappa shape index (κ2) is 5.06. The Morgan fingerprint density at radius 1 is 1.69 bits per heavy atom. The number of rotatable bonds is 4. The van der Waals surface area contributed by atoms with Gasteiger partial charge in [-0.2, -0.15) is 0 Å². The highest BCUT2D eigenvalue weighted by atomic mass is 79.9. The van der Waals surface area contributed by atoms with Crippen molar-refractivity contribution in [2.75, 3.05) is 6.54 Å². The molecule has 0 aliphatic carbocycles. The van der Waals surface area contributed by atoms with Gasteiger partial charge in [0.1, 0.15) is 4.47 Å². The molecule has 0 saturated heterocycles. The van der Waals surface area contributed by atoms with Gasteiger partial charge >= 0.3 is 5.82 Å². The van der Waals surface area contributed by atoms with Gasteiger partial charge in [0.15, 0.2) is 5.69 Å². The summed E-state index contributed by atoms with van der Waals surface area (Å²) >= 11 is 2.96. The van der Waals surface area contributed by atoms with Crippen molar-refractivity contribution in [3.8, 4) is 0 Å². The van der Waals surface area contributed by atoms with Gasteiger partial charge in [0.05, 0.1) is 0 Å². The number of nitrogens with zero attached hydrogens (tertiary/aromatic N) is 2. The Morgan fingerprint density at radius 3 is 2.75 bits per heavy atom. The summed E-state index contributed by atoms with van der Waals surface area (Å²) in [6.45, 7) is 4.39. The molecular formula is C8H11BrN4O3. The van der Waals surface area contributed by atoms with Crippen molar-refractivity contribution in [2.24, 2.45) is 5.92 Å². The lowest BCUT2D eigenvalue weighted by Crippen LogP contribution is -2.27. The number of H-pyrrole nitrogens is 1. The average Bonchev–Trinajstić information content (AvgIpc) is 2.56. The molecule has 0 fully saturated rings. The van der Waals surface area contributed by atoms with Crippen LogP contribution in [0.15, 0.2) is 4.47 Å². The smallest absolute Gasteiger partial charge is 0.357 e. The first-order chi connectivity index (χ1) is 7.43. The van der Waals surface area contributed by atoms with E-state index in [2.05, 4.69) is 31.4 Å². The molecule has 88 valence electrons. The monoisotopic (exact) mass is 290 g/mol. The molecule has 8 heteroatoms. The van der Waals surface area contributed by atoms with Crippen LogP contribution in [0, 0.1) is 16.0 Å². The predicted molar refractivity (Wildman–Crippen MR) is 60.1 cm³/mol. The number of aromatic amines is 1. The zero-order chi connectivity index (χ0) is 12.3. The Labute approximate surface area is 99.9 Å². The van der Waals surface area contributed by atoms with Crippen LogP contribution in [0.1, 0.15) is 24.3 Å². The second-order valence-electron chi connectivity index (χ2n) is 3.60. The van der Waals surface area contributed by atoms with Gasteiger partial charge in [-0.3, -0.25) is 4.79 Å². The van der Waals surface area contributed by atoms with Gasteiger partial charge in [0.25, 0.3) is 5.91 Å². The van der Waals surface area contributed by atoms with Crippen LogP contribution in [0.2, 0.25) is 0 Å². The van der Waals surface area contributed by atoms with Crippen molar-refractivity contribution in [3.05, 3.63) is 20.3 Å². The molecule has 0 unspecified atom stereocenters. The van der Waals surface area contributed by atoms with Gasteiger partial charge in [-0.15, -0.1) is 5.10 Å². The lowest BCUT2D eigenvalue weighted by Gasteiger charge is -2.04. The Bertz CT molecular complexity index is 415. The summed E-state index contributed by atoms with van der Waals surface area (Å²) in [5, 5.41) is 18.9. The van der Waals surface area contributed by atoms with E-state index in [0.717, 1.165) is 0 Å². The largest absolute Gasteiger partial charge is 0.358 e. The first-order valence-corrected chi connectivity index (χ1v) is 5.39. The normalized spacial score (nSPS) is 10.5. The van der Waals surface area contributed by atoms with E-state index in [1.807, 2.05) is 13.8 Å². The van der Waals surface area contributed by atoms with E-state index in [4.69, 9.17) is 0 Å². The molecule has 1 heterocycles. The van der Waals surface area contributed by atoms with Crippen molar-refractivity contribution < 1.29 is 9.72 Å². The molecule has 1 aromatic rings. The van der Waals surface area contributed by atoms with Crippen molar-refractivity contribution in [2.45, 2.75) is 13.8 Å². The van der Waals surface area contributed by atoms with Gasteiger partial charge in [-0.05, 0) is 26.8 Å². The zero-order valence-corrected chi connectivity index (χ0v) is 10.4. The Kier molecular flexibility index (Phi) is 3.99. The van der Waals surface area contributed by atoms with Crippen LogP contribution in [0.3, 0.4) is 0 Å².